The van der Waals surface area contributed by atoms with Crippen molar-refractivity contribution in [3.05, 3.63) is 0 Å². The highest BCUT2D eigenvalue weighted by Crippen LogP contribution is 2.03. The Morgan fingerprint density at radius 3 is 2.57 bits per heavy atom. The molecule has 0 fully saturated rings. The molecule has 0 bridgehead atoms. The maximum atomic E-state index is 3.59. The standard InChI is InChI=1S/C12H27NS/c1-4-5-6-9-12(2)13-10-7-8-11-14-3/h12-13H,4-11H2,1-3H3. The topological polar surface area (TPSA) is 12.0 Å². The predicted molar refractivity (Wildman–Crippen MR) is 69.2 cm³/mol. The van der Waals surface area contributed by atoms with Gasteiger partial charge in [0.1, 0.15) is 0 Å². The lowest BCUT2D eigenvalue weighted by molar-refractivity contribution is 0.481. The second kappa shape index (κ2) is 11.4. The molecule has 0 aromatic heterocycles. The van der Waals surface area contributed by atoms with Gasteiger partial charge in [0, 0.05) is 6.04 Å². The molecule has 0 saturated carbocycles. The van der Waals surface area contributed by atoms with Crippen molar-refractivity contribution in [3.8, 4) is 0 Å². The van der Waals surface area contributed by atoms with Crippen molar-refractivity contribution >= 4 is 11.8 Å². The van der Waals surface area contributed by atoms with Gasteiger partial charge in [0.2, 0.25) is 0 Å². The molecule has 0 aromatic carbocycles. The largest absolute Gasteiger partial charge is 0.314 e. The van der Waals surface area contributed by atoms with Crippen LogP contribution in [0.1, 0.15) is 52.4 Å². The third-order valence-corrected chi connectivity index (χ3v) is 3.21. The van der Waals surface area contributed by atoms with Crippen LogP contribution >= 0.6 is 11.8 Å². The number of unbranched alkanes of at least 4 members (excludes halogenated alkanes) is 3. The summed E-state index contributed by atoms with van der Waals surface area (Å²) in [6, 6.07) is 0.718. The highest BCUT2D eigenvalue weighted by atomic mass is 32.2. The van der Waals surface area contributed by atoms with E-state index in [1.807, 2.05) is 11.8 Å². The molecule has 0 heterocycles. The Balaban J connectivity index is 3.06. The van der Waals surface area contributed by atoms with Crippen LogP contribution in [0.25, 0.3) is 0 Å². The molecule has 0 aromatic rings. The third-order valence-electron chi connectivity index (χ3n) is 2.51. The Kier molecular flexibility index (Phi) is 11.6. The Labute approximate surface area is 94.4 Å². The van der Waals surface area contributed by atoms with Gasteiger partial charge in [0.25, 0.3) is 0 Å². The van der Waals surface area contributed by atoms with E-state index < -0.39 is 0 Å². The van der Waals surface area contributed by atoms with Crippen LogP contribution < -0.4 is 5.32 Å². The van der Waals surface area contributed by atoms with Gasteiger partial charge in [-0.3, -0.25) is 0 Å². The van der Waals surface area contributed by atoms with Crippen molar-refractivity contribution in [3.63, 3.8) is 0 Å². The molecule has 1 nitrogen and oxygen atoms in total. The van der Waals surface area contributed by atoms with E-state index >= 15 is 0 Å². The third kappa shape index (κ3) is 10.4. The van der Waals surface area contributed by atoms with Crippen LogP contribution in [0, 0.1) is 0 Å². The van der Waals surface area contributed by atoms with Crippen LogP contribution in [0.3, 0.4) is 0 Å². The number of thioether (sulfide) groups is 1. The smallest absolute Gasteiger partial charge is 0.00387 e. The molecule has 1 N–H and O–H groups in total. The molecular formula is C12H27NS. The first kappa shape index (κ1) is 14.3. The summed E-state index contributed by atoms with van der Waals surface area (Å²) in [6.45, 7) is 5.78. The SMILES string of the molecule is CCCCCC(C)NCCCCSC. The molecule has 1 unspecified atom stereocenters. The fraction of sp³-hybridized carbons (Fsp3) is 1.00. The fourth-order valence-corrected chi connectivity index (χ4v) is 2.02. The van der Waals surface area contributed by atoms with E-state index in [4.69, 9.17) is 0 Å². The van der Waals surface area contributed by atoms with Crippen molar-refractivity contribution in [2.45, 2.75) is 58.4 Å². The van der Waals surface area contributed by atoms with E-state index in [-0.39, 0.29) is 0 Å². The molecule has 0 rings (SSSR count). The van der Waals surface area contributed by atoms with Crippen molar-refractivity contribution in [1.82, 2.24) is 5.32 Å². The molecule has 0 saturated heterocycles. The second-order valence-electron chi connectivity index (χ2n) is 4.05. The Hall–Kier alpha value is 0.310. The van der Waals surface area contributed by atoms with Gasteiger partial charge in [-0.05, 0) is 44.7 Å². The van der Waals surface area contributed by atoms with Gasteiger partial charge in [0.05, 0.1) is 0 Å². The van der Waals surface area contributed by atoms with Crippen molar-refractivity contribution in [1.29, 1.82) is 0 Å². The summed E-state index contributed by atoms with van der Waals surface area (Å²) in [6.07, 6.45) is 10.3. The van der Waals surface area contributed by atoms with E-state index in [1.165, 1.54) is 50.8 Å². The zero-order valence-corrected chi connectivity index (χ0v) is 11.0. The lowest BCUT2D eigenvalue weighted by Crippen LogP contribution is -2.26. The molecule has 14 heavy (non-hydrogen) atoms. The molecule has 1 atom stereocenters. The van der Waals surface area contributed by atoms with Gasteiger partial charge in [-0.25, -0.2) is 0 Å². The second-order valence-corrected chi connectivity index (χ2v) is 5.04. The zero-order chi connectivity index (χ0) is 10.6. The summed E-state index contributed by atoms with van der Waals surface area (Å²) in [5, 5.41) is 3.59. The van der Waals surface area contributed by atoms with E-state index in [0.29, 0.717) is 0 Å². The van der Waals surface area contributed by atoms with Crippen LogP contribution in [-0.2, 0) is 0 Å². The van der Waals surface area contributed by atoms with E-state index in [0.717, 1.165) is 6.04 Å². The van der Waals surface area contributed by atoms with Crippen molar-refractivity contribution < 1.29 is 0 Å². The normalized spacial score (nSPS) is 13.1. The molecule has 0 aliphatic heterocycles. The van der Waals surface area contributed by atoms with Crippen LogP contribution in [0.4, 0.5) is 0 Å². The first-order valence-electron chi connectivity index (χ1n) is 6.03. The van der Waals surface area contributed by atoms with E-state index in [1.54, 1.807) is 0 Å². The summed E-state index contributed by atoms with van der Waals surface area (Å²) < 4.78 is 0. The Morgan fingerprint density at radius 1 is 1.14 bits per heavy atom. The molecule has 0 spiro atoms. The molecule has 0 aliphatic carbocycles. The van der Waals surface area contributed by atoms with E-state index in [9.17, 15) is 0 Å². The van der Waals surface area contributed by atoms with Gasteiger partial charge in [-0.2, -0.15) is 11.8 Å². The minimum absolute atomic E-state index is 0.718. The number of hydrogen-bond acceptors (Lipinski definition) is 2. The zero-order valence-electron chi connectivity index (χ0n) is 10.1. The molecule has 2 heteroatoms. The van der Waals surface area contributed by atoms with Crippen LogP contribution in [0.15, 0.2) is 0 Å². The molecular weight excluding hydrogens is 190 g/mol. The Bertz CT molecular complexity index is 106. The lowest BCUT2D eigenvalue weighted by atomic mass is 10.1. The fourth-order valence-electron chi connectivity index (χ4n) is 1.52. The van der Waals surface area contributed by atoms with Crippen LogP contribution in [-0.4, -0.2) is 24.6 Å². The Morgan fingerprint density at radius 2 is 1.93 bits per heavy atom. The van der Waals surface area contributed by atoms with Gasteiger partial charge in [-0.1, -0.05) is 26.2 Å². The first-order valence-corrected chi connectivity index (χ1v) is 7.43. The van der Waals surface area contributed by atoms with Crippen molar-refractivity contribution in [2.24, 2.45) is 0 Å². The summed E-state index contributed by atoms with van der Waals surface area (Å²) in [5.74, 6) is 1.31. The highest BCUT2D eigenvalue weighted by molar-refractivity contribution is 7.98. The predicted octanol–water partition coefficient (Wildman–Crippen LogP) is 3.69. The average Bonchev–Trinajstić information content (AvgIpc) is 2.18. The van der Waals surface area contributed by atoms with Crippen LogP contribution in [0.2, 0.25) is 0 Å². The molecule has 0 radical (unpaired) electrons. The maximum Gasteiger partial charge on any atom is 0.00387 e. The summed E-state index contributed by atoms with van der Waals surface area (Å²) >= 11 is 1.95. The lowest BCUT2D eigenvalue weighted by Gasteiger charge is -2.13. The minimum atomic E-state index is 0.718. The maximum absolute atomic E-state index is 3.59. The van der Waals surface area contributed by atoms with Crippen molar-refractivity contribution in [2.75, 3.05) is 18.6 Å². The molecule has 0 aliphatic rings. The minimum Gasteiger partial charge on any atom is -0.314 e. The van der Waals surface area contributed by atoms with Gasteiger partial charge < -0.3 is 5.32 Å². The van der Waals surface area contributed by atoms with Gasteiger partial charge in [0.15, 0.2) is 0 Å². The number of nitrogens with one attached hydrogen (secondary N) is 1. The van der Waals surface area contributed by atoms with E-state index in [2.05, 4.69) is 25.4 Å². The van der Waals surface area contributed by atoms with Crippen LogP contribution in [0.5, 0.6) is 0 Å². The highest BCUT2D eigenvalue weighted by Gasteiger charge is 1.99. The quantitative estimate of drug-likeness (QED) is 0.560. The number of hydrogen-bond donors (Lipinski definition) is 1. The summed E-state index contributed by atoms with van der Waals surface area (Å²) in [4.78, 5) is 0. The molecule has 86 valence electrons. The number of rotatable bonds is 10. The van der Waals surface area contributed by atoms with Gasteiger partial charge >= 0.3 is 0 Å². The summed E-state index contributed by atoms with van der Waals surface area (Å²) in [7, 11) is 0. The molecule has 0 amide bonds. The van der Waals surface area contributed by atoms with Gasteiger partial charge in [-0.15, -0.1) is 0 Å². The summed E-state index contributed by atoms with van der Waals surface area (Å²) in [5.41, 5.74) is 0. The average molecular weight is 217 g/mol. The first-order chi connectivity index (χ1) is 6.81. The monoisotopic (exact) mass is 217 g/mol.